The van der Waals surface area contributed by atoms with Gasteiger partial charge in [-0.3, -0.25) is 9.36 Å². The van der Waals surface area contributed by atoms with E-state index in [1.807, 2.05) is 37.3 Å². The molecule has 2 N–H and O–H groups in total. The summed E-state index contributed by atoms with van der Waals surface area (Å²) in [6, 6.07) is 12.9. The summed E-state index contributed by atoms with van der Waals surface area (Å²) < 4.78 is 7.37. The molecule has 4 heterocycles. The third kappa shape index (κ3) is 5.15. The first-order chi connectivity index (χ1) is 17.9. The summed E-state index contributed by atoms with van der Waals surface area (Å²) in [5.41, 5.74) is 3.66. The Morgan fingerprint density at radius 1 is 1.14 bits per heavy atom. The summed E-state index contributed by atoms with van der Waals surface area (Å²) in [5, 5.41) is 5.56. The lowest BCUT2D eigenvalue weighted by molar-refractivity contribution is 0.0984. The van der Waals surface area contributed by atoms with E-state index in [-0.39, 0.29) is 17.6 Å². The molecule has 2 amide bonds. The lowest BCUT2D eigenvalue weighted by Gasteiger charge is -2.38. The molecule has 0 unspecified atom stereocenters. The van der Waals surface area contributed by atoms with Crippen molar-refractivity contribution < 1.29 is 9.53 Å². The van der Waals surface area contributed by atoms with Crippen molar-refractivity contribution in [1.82, 2.24) is 19.9 Å². The van der Waals surface area contributed by atoms with Crippen LogP contribution in [0.3, 0.4) is 0 Å². The summed E-state index contributed by atoms with van der Waals surface area (Å²) in [5.74, 6) is 2.48. The van der Waals surface area contributed by atoms with Crippen molar-refractivity contribution in [3.05, 3.63) is 64.1 Å². The molecule has 1 saturated heterocycles. The Labute approximate surface area is 216 Å². The summed E-state index contributed by atoms with van der Waals surface area (Å²) in [6.45, 7) is 8.05. The zero-order chi connectivity index (χ0) is 25.9. The van der Waals surface area contributed by atoms with E-state index < -0.39 is 0 Å². The second kappa shape index (κ2) is 10.6. The van der Waals surface area contributed by atoms with Crippen LogP contribution in [0.5, 0.6) is 0 Å². The van der Waals surface area contributed by atoms with Crippen LogP contribution in [0.15, 0.2) is 47.3 Å². The number of ether oxygens (including phenoxy) is 1. The van der Waals surface area contributed by atoms with Crippen LogP contribution >= 0.6 is 0 Å². The maximum atomic E-state index is 12.3. The molecule has 1 atom stereocenters. The van der Waals surface area contributed by atoms with E-state index in [9.17, 15) is 9.59 Å². The van der Waals surface area contributed by atoms with E-state index in [0.717, 1.165) is 48.0 Å². The van der Waals surface area contributed by atoms with E-state index in [0.29, 0.717) is 37.8 Å². The number of anilines is 3. The number of amides is 2. The van der Waals surface area contributed by atoms with Crippen molar-refractivity contribution in [3.8, 4) is 11.4 Å². The molecule has 2 aliphatic rings. The summed E-state index contributed by atoms with van der Waals surface area (Å²) >= 11 is 0. The Bertz CT molecular complexity index is 1340. The molecule has 0 aliphatic carbocycles. The third-order valence-electron chi connectivity index (χ3n) is 6.90. The Morgan fingerprint density at radius 2 is 1.95 bits per heavy atom. The van der Waals surface area contributed by atoms with Gasteiger partial charge in [0.2, 0.25) is 0 Å². The van der Waals surface area contributed by atoms with Gasteiger partial charge in [0.25, 0.3) is 5.56 Å². The van der Waals surface area contributed by atoms with Crippen LogP contribution in [0.25, 0.3) is 11.4 Å². The van der Waals surface area contributed by atoms with E-state index >= 15 is 0 Å². The second-order valence-corrected chi connectivity index (χ2v) is 9.43. The fourth-order valence-corrected chi connectivity index (χ4v) is 4.92. The van der Waals surface area contributed by atoms with Crippen molar-refractivity contribution in [3.63, 3.8) is 0 Å². The SMILES string of the molecule is CCNC(=O)Nc1ccc(-c2nc3c(c(N4CCOC[C@@H]4C)n2)CCN(c2cccc(=O)n2C)C3)cc1. The number of hydrogen-bond acceptors (Lipinski definition) is 7. The topological polar surface area (TPSA) is 105 Å². The van der Waals surface area contributed by atoms with Crippen molar-refractivity contribution in [2.75, 3.05) is 48.0 Å². The van der Waals surface area contributed by atoms with Gasteiger partial charge in [0.05, 0.1) is 31.5 Å². The van der Waals surface area contributed by atoms with Gasteiger partial charge < -0.3 is 25.2 Å². The predicted molar refractivity (Wildman–Crippen MR) is 144 cm³/mol. The first-order valence-electron chi connectivity index (χ1n) is 12.7. The minimum Gasteiger partial charge on any atom is -0.377 e. The van der Waals surface area contributed by atoms with E-state index in [4.69, 9.17) is 14.7 Å². The lowest BCUT2D eigenvalue weighted by Crippen LogP contribution is -2.45. The third-order valence-corrected chi connectivity index (χ3v) is 6.90. The minimum atomic E-state index is -0.237. The van der Waals surface area contributed by atoms with Crippen LogP contribution in [-0.2, 0) is 24.8 Å². The molecule has 1 fully saturated rings. The number of carbonyl (C=O) groups excluding carboxylic acids is 1. The summed E-state index contributed by atoms with van der Waals surface area (Å²) in [7, 11) is 1.80. The van der Waals surface area contributed by atoms with Gasteiger partial charge in [0, 0.05) is 49.6 Å². The second-order valence-electron chi connectivity index (χ2n) is 9.43. The standard InChI is InChI=1S/C27H33N7O3/c1-4-28-27(36)29-20-10-8-19(9-11-20)25-30-22-16-33(23-6-5-7-24(35)32(23)3)13-12-21(22)26(31-25)34-14-15-37-17-18(34)2/h5-11,18H,4,12-17H2,1-3H3,(H2,28,29,36)/t18-/m0/s1. The maximum Gasteiger partial charge on any atom is 0.319 e. The van der Waals surface area contributed by atoms with Gasteiger partial charge in [-0.1, -0.05) is 6.07 Å². The highest BCUT2D eigenvalue weighted by atomic mass is 16.5. The average molecular weight is 504 g/mol. The maximum absolute atomic E-state index is 12.3. The predicted octanol–water partition coefficient (Wildman–Crippen LogP) is 2.77. The minimum absolute atomic E-state index is 0.0316. The molecule has 1 aromatic carbocycles. The number of urea groups is 1. The summed E-state index contributed by atoms with van der Waals surface area (Å²) in [4.78, 5) is 38.7. The molecule has 0 saturated carbocycles. The molecule has 0 bridgehead atoms. The number of rotatable bonds is 5. The molecule has 2 aliphatic heterocycles. The molecule has 5 rings (SSSR count). The molecule has 3 aromatic rings. The Balaban J connectivity index is 1.52. The largest absolute Gasteiger partial charge is 0.377 e. The van der Waals surface area contributed by atoms with Crippen molar-refractivity contribution >= 4 is 23.4 Å². The van der Waals surface area contributed by atoms with Gasteiger partial charge in [-0.05, 0) is 50.6 Å². The quantitative estimate of drug-likeness (QED) is 0.552. The molecule has 0 radical (unpaired) electrons. The van der Waals surface area contributed by atoms with Crippen molar-refractivity contribution in [2.24, 2.45) is 7.05 Å². The smallest absolute Gasteiger partial charge is 0.319 e. The van der Waals surface area contributed by atoms with Crippen LogP contribution in [-0.4, -0.2) is 59.5 Å². The van der Waals surface area contributed by atoms with Crippen LogP contribution in [0, 0.1) is 0 Å². The molecule has 0 spiro atoms. The lowest BCUT2D eigenvalue weighted by atomic mass is 10.0. The van der Waals surface area contributed by atoms with Gasteiger partial charge in [-0.25, -0.2) is 14.8 Å². The highest BCUT2D eigenvalue weighted by Gasteiger charge is 2.29. The summed E-state index contributed by atoms with van der Waals surface area (Å²) in [6.07, 6.45) is 0.785. The number of benzene rings is 1. The highest BCUT2D eigenvalue weighted by Crippen LogP contribution is 2.33. The Hall–Kier alpha value is -3.92. The van der Waals surface area contributed by atoms with E-state index in [1.165, 1.54) is 0 Å². The normalized spacial score (nSPS) is 17.3. The number of aromatic nitrogens is 3. The molecule has 10 nitrogen and oxygen atoms in total. The van der Waals surface area contributed by atoms with Crippen LogP contribution in [0.4, 0.5) is 22.1 Å². The fourth-order valence-electron chi connectivity index (χ4n) is 4.92. The molecule has 194 valence electrons. The number of nitrogens with zero attached hydrogens (tertiary/aromatic N) is 5. The molecule has 37 heavy (non-hydrogen) atoms. The first kappa shape index (κ1) is 24.8. The van der Waals surface area contributed by atoms with Crippen LogP contribution in [0.1, 0.15) is 25.1 Å². The van der Waals surface area contributed by atoms with Gasteiger partial charge in [0.15, 0.2) is 5.82 Å². The van der Waals surface area contributed by atoms with Gasteiger partial charge >= 0.3 is 6.03 Å². The zero-order valence-electron chi connectivity index (χ0n) is 21.5. The van der Waals surface area contributed by atoms with E-state index in [2.05, 4.69) is 27.4 Å². The van der Waals surface area contributed by atoms with Crippen molar-refractivity contribution in [2.45, 2.75) is 32.9 Å². The number of carbonyl (C=O) groups is 1. The number of nitrogens with one attached hydrogen (secondary N) is 2. The van der Waals surface area contributed by atoms with Crippen LogP contribution < -0.4 is 26.0 Å². The Morgan fingerprint density at radius 3 is 2.70 bits per heavy atom. The Kier molecular flexibility index (Phi) is 7.09. The first-order valence-corrected chi connectivity index (χ1v) is 12.7. The number of morpholine rings is 1. The van der Waals surface area contributed by atoms with Gasteiger partial charge in [-0.15, -0.1) is 0 Å². The highest BCUT2D eigenvalue weighted by molar-refractivity contribution is 5.89. The number of fused-ring (bicyclic) bond motifs is 1. The molecule has 2 aromatic heterocycles. The molecule has 10 heteroatoms. The fraction of sp³-hybridized carbons (Fsp3) is 0.407. The zero-order valence-corrected chi connectivity index (χ0v) is 21.5. The monoisotopic (exact) mass is 503 g/mol. The molecular weight excluding hydrogens is 470 g/mol. The van der Waals surface area contributed by atoms with Crippen LogP contribution in [0.2, 0.25) is 0 Å². The van der Waals surface area contributed by atoms with E-state index in [1.54, 1.807) is 23.7 Å². The molecular formula is C27H33N7O3. The average Bonchev–Trinajstić information content (AvgIpc) is 2.90. The van der Waals surface area contributed by atoms with Crippen molar-refractivity contribution in [1.29, 1.82) is 0 Å². The number of hydrogen-bond donors (Lipinski definition) is 2. The number of pyridine rings is 1. The van der Waals surface area contributed by atoms with Gasteiger partial charge in [0.1, 0.15) is 11.6 Å². The van der Waals surface area contributed by atoms with Gasteiger partial charge in [-0.2, -0.15) is 0 Å².